The predicted octanol–water partition coefficient (Wildman–Crippen LogP) is 1.09. The van der Waals surface area contributed by atoms with Crippen molar-refractivity contribution >= 4 is 11.0 Å². The van der Waals surface area contributed by atoms with Gasteiger partial charge in [-0.1, -0.05) is 30.3 Å². The predicted molar refractivity (Wildman–Crippen MR) is 73.6 cm³/mol. The number of nitrogens with one attached hydrogen (secondary N) is 1. The van der Waals surface area contributed by atoms with Crippen LogP contribution in [0.25, 0.3) is 16.7 Å². The third kappa shape index (κ3) is 1.81. The molecule has 0 saturated carbocycles. The molecule has 0 radical (unpaired) electrons. The molecule has 0 spiro atoms. The first-order valence-electron chi connectivity index (χ1n) is 5.84. The number of para-hydroxylation sites is 3. The second-order valence-electron chi connectivity index (χ2n) is 4.10. The van der Waals surface area contributed by atoms with Crippen LogP contribution in [-0.2, 0) is 0 Å². The van der Waals surface area contributed by atoms with Crippen LogP contribution in [0.3, 0.4) is 0 Å². The summed E-state index contributed by atoms with van der Waals surface area (Å²) < 4.78 is 1.59. The summed E-state index contributed by atoms with van der Waals surface area (Å²) in [5, 5.41) is 3.52. The molecule has 3 rings (SSSR count). The van der Waals surface area contributed by atoms with Gasteiger partial charge in [-0.15, -0.1) is 0 Å². The van der Waals surface area contributed by atoms with Crippen LogP contribution in [0.2, 0.25) is 0 Å². The molecule has 5 nitrogen and oxygen atoms in total. The van der Waals surface area contributed by atoms with Crippen LogP contribution in [0.15, 0.2) is 64.5 Å². The molecular weight excluding hydrogens is 240 g/mol. The molecule has 0 atom stereocenters. The molecule has 0 aliphatic heterocycles. The van der Waals surface area contributed by atoms with Crippen LogP contribution in [0.5, 0.6) is 0 Å². The molecule has 94 valence electrons. The molecule has 2 aromatic carbocycles. The fourth-order valence-electron chi connectivity index (χ4n) is 2.09. The van der Waals surface area contributed by atoms with Gasteiger partial charge in [-0.05, 0) is 24.3 Å². The largest absolute Gasteiger partial charge is 0.332 e. The third-order valence-corrected chi connectivity index (χ3v) is 2.95. The van der Waals surface area contributed by atoms with Crippen LogP contribution in [0.4, 0.5) is 0 Å². The van der Waals surface area contributed by atoms with Gasteiger partial charge in [0, 0.05) is 5.69 Å². The topological polar surface area (TPSA) is 76.2 Å². The van der Waals surface area contributed by atoms with Crippen molar-refractivity contribution in [2.24, 2.45) is 10.9 Å². The van der Waals surface area contributed by atoms with Crippen molar-refractivity contribution in [3.8, 4) is 5.69 Å². The Kier molecular flexibility index (Phi) is 2.64. The Morgan fingerprint density at radius 1 is 1.00 bits per heavy atom. The molecule has 0 amide bonds. The zero-order valence-corrected chi connectivity index (χ0v) is 10.1. The number of benzene rings is 2. The Hall–Kier alpha value is -2.82. The van der Waals surface area contributed by atoms with E-state index in [-0.39, 0.29) is 11.0 Å². The van der Waals surface area contributed by atoms with E-state index in [1.54, 1.807) is 4.57 Å². The van der Waals surface area contributed by atoms with Gasteiger partial charge in [0.05, 0.1) is 11.0 Å². The van der Waals surface area contributed by atoms with Gasteiger partial charge in [0.15, 0.2) is 0 Å². The van der Waals surface area contributed by atoms with Crippen molar-refractivity contribution in [2.45, 2.75) is 0 Å². The van der Waals surface area contributed by atoms with Gasteiger partial charge in [0.2, 0.25) is 5.49 Å². The lowest BCUT2D eigenvalue weighted by molar-refractivity contribution is 0.932. The summed E-state index contributed by atoms with van der Waals surface area (Å²) in [5.41, 5.74) is 2.22. The number of hydrogen-bond donors (Lipinski definition) is 2. The number of rotatable bonds is 1. The molecule has 0 aliphatic carbocycles. The van der Waals surface area contributed by atoms with Crippen molar-refractivity contribution in [1.29, 1.82) is 0 Å². The first kappa shape index (κ1) is 11.3. The molecule has 1 heterocycles. The van der Waals surface area contributed by atoms with E-state index in [9.17, 15) is 4.79 Å². The quantitative estimate of drug-likeness (QED) is 0.502. The van der Waals surface area contributed by atoms with Gasteiger partial charge in [-0.2, -0.15) is 5.10 Å². The second kappa shape index (κ2) is 4.45. The van der Waals surface area contributed by atoms with E-state index in [0.717, 1.165) is 16.7 Å². The Morgan fingerprint density at radius 2 is 1.68 bits per heavy atom. The number of fused-ring (bicyclic) bond motifs is 1. The van der Waals surface area contributed by atoms with E-state index in [2.05, 4.69) is 10.1 Å². The summed E-state index contributed by atoms with van der Waals surface area (Å²) in [7, 11) is 0. The number of hydrogen-bond acceptors (Lipinski definition) is 3. The van der Waals surface area contributed by atoms with E-state index in [1.165, 1.54) is 0 Å². The number of aromatic amines is 1. The molecule has 3 N–H and O–H groups in total. The minimum Gasteiger partial charge on any atom is -0.332 e. The van der Waals surface area contributed by atoms with Crippen molar-refractivity contribution in [3.05, 3.63) is 70.4 Å². The maximum atomic E-state index is 12.4. The van der Waals surface area contributed by atoms with E-state index < -0.39 is 0 Å². The van der Waals surface area contributed by atoms with Gasteiger partial charge in [0.25, 0.3) is 5.56 Å². The zero-order chi connectivity index (χ0) is 13.2. The number of H-pyrrole nitrogens is 1. The first-order valence-corrected chi connectivity index (χ1v) is 5.84. The third-order valence-electron chi connectivity index (χ3n) is 2.95. The van der Waals surface area contributed by atoms with Crippen molar-refractivity contribution < 1.29 is 0 Å². The minimum absolute atomic E-state index is 0.127. The lowest BCUT2D eigenvalue weighted by Gasteiger charge is -2.09. The molecule has 0 saturated heterocycles. The fourth-order valence-corrected chi connectivity index (χ4v) is 2.09. The van der Waals surface area contributed by atoms with Gasteiger partial charge in [-0.25, -0.2) is 0 Å². The Balaban J connectivity index is 2.53. The highest BCUT2D eigenvalue weighted by Gasteiger charge is 2.07. The molecule has 0 unspecified atom stereocenters. The molecule has 0 aliphatic rings. The van der Waals surface area contributed by atoms with Gasteiger partial charge >= 0.3 is 0 Å². The van der Waals surface area contributed by atoms with Gasteiger partial charge in [0.1, 0.15) is 0 Å². The highest BCUT2D eigenvalue weighted by atomic mass is 16.1. The molecule has 1 aromatic heterocycles. The van der Waals surface area contributed by atoms with E-state index in [0.29, 0.717) is 0 Å². The van der Waals surface area contributed by atoms with Gasteiger partial charge in [-0.3, -0.25) is 9.36 Å². The maximum Gasteiger partial charge on any atom is 0.300 e. The lowest BCUT2D eigenvalue weighted by atomic mass is 10.2. The fraction of sp³-hybridized carbons (Fsp3) is 0. The normalized spacial score (nSPS) is 11.9. The summed E-state index contributed by atoms with van der Waals surface area (Å²) in [6.45, 7) is 0. The van der Waals surface area contributed by atoms with E-state index in [4.69, 9.17) is 5.84 Å². The number of nitrogens with two attached hydrogens (primary N) is 1. The molecule has 0 bridgehead atoms. The number of aromatic nitrogens is 2. The monoisotopic (exact) mass is 252 g/mol. The van der Waals surface area contributed by atoms with E-state index in [1.807, 2.05) is 54.6 Å². The molecule has 19 heavy (non-hydrogen) atoms. The summed E-state index contributed by atoms with van der Waals surface area (Å²) in [6.07, 6.45) is 0. The average molecular weight is 252 g/mol. The van der Waals surface area contributed by atoms with Crippen molar-refractivity contribution in [2.75, 3.05) is 0 Å². The maximum absolute atomic E-state index is 12.4. The van der Waals surface area contributed by atoms with Crippen LogP contribution in [-0.4, -0.2) is 9.55 Å². The van der Waals surface area contributed by atoms with Crippen LogP contribution < -0.4 is 16.9 Å². The summed E-state index contributed by atoms with van der Waals surface area (Å²) in [6, 6.07) is 16.9. The molecule has 5 heteroatoms. The van der Waals surface area contributed by atoms with E-state index >= 15 is 0 Å². The summed E-state index contributed by atoms with van der Waals surface area (Å²) in [5.74, 6) is 5.27. The molecule has 0 fully saturated rings. The van der Waals surface area contributed by atoms with Crippen molar-refractivity contribution in [1.82, 2.24) is 9.55 Å². The van der Waals surface area contributed by atoms with Crippen molar-refractivity contribution in [3.63, 3.8) is 0 Å². The zero-order valence-electron chi connectivity index (χ0n) is 10.1. The summed E-state index contributed by atoms with van der Waals surface area (Å²) >= 11 is 0. The lowest BCUT2D eigenvalue weighted by Crippen LogP contribution is -2.37. The first-order chi connectivity index (χ1) is 9.31. The standard InChI is InChI=1S/C14H12N4O/c15-17-13-14(19)18(10-6-2-1-3-7-10)12-9-5-4-8-11(12)16-13/h1-9H,15H2,(H,16,17). The molecular formula is C14H12N4O. The van der Waals surface area contributed by atoms with Gasteiger partial charge < -0.3 is 10.8 Å². The molecule has 3 aromatic rings. The minimum atomic E-state index is -0.271. The van der Waals surface area contributed by atoms with Crippen LogP contribution in [0.1, 0.15) is 0 Å². The average Bonchev–Trinajstić information content (AvgIpc) is 2.47. The SMILES string of the molecule is NN=c1[nH]c2ccccc2n(-c2ccccc2)c1=O. The smallest absolute Gasteiger partial charge is 0.300 e. The number of nitrogens with zero attached hydrogens (tertiary/aromatic N) is 2. The highest BCUT2D eigenvalue weighted by Crippen LogP contribution is 2.12. The summed E-state index contributed by atoms with van der Waals surface area (Å²) in [4.78, 5) is 15.3. The Labute approximate surface area is 108 Å². The second-order valence-corrected chi connectivity index (χ2v) is 4.10. The highest BCUT2D eigenvalue weighted by molar-refractivity contribution is 5.76. The Bertz CT molecular complexity index is 846. The Morgan fingerprint density at radius 3 is 2.42 bits per heavy atom. The van der Waals surface area contributed by atoms with Crippen LogP contribution in [0, 0.1) is 0 Å². The van der Waals surface area contributed by atoms with Crippen LogP contribution >= 0.6 is 0 Å².